The number of ether oxygens (including phenoxy) is 1. The Morgan fingerprint density at radius 3 is 1.93 bits per heavy atom. The van der Waals surface area contributed by atoms with Gasteiger partial charge in [-0.25, -0.2) is 4.79 Å². The summed E-state index contributed by atoms with van der Waals surface area (Å²) in [5.74, 6) is -0.979. The number of morpholine rings is 1. The molecule has 224 valence electrons. The number of halogens is 6. The molecule has 12 heteroatoms. The molecular formula is C29H33F6N3O3. The smallest absolute Gasteiger partial charge is 0.378 e. The van der Waals surface area contributed by atoms with Gasteiger partial charge in [0.25, 0.3) is 0 Å². The van der Waals surface area contributed by atoms with Gasteiger partial charge < -0.3 is 19.4 Å². The molecule has 0 bridgehead atoms. The lowest BCUT2D eigenvalue weighted by Gasteiger charge is -2.36. The number of hydrogen-bond donors (Lipinski definition) is 0. The van der Waals surface area contributed by atoms with Crippen molar-refractivity contribution in [1.29, 1.82) is 0 Å². The van der Waals surface area contributed by atoms with Crippen LogP contribution in [0, 0.1) is 6.92 Å². The van der Waals surface area contributed by atoms with Crippen molar-refractivity contribution in [3.05, 3.63) is 70.3 Å². The molecule has 2 fully saturated rings. The molecule has 0 radical (unpaired) electrons. The number of amides is 3. The number of aryl methyl sites for hydroxylation is 1. The number of hydrogen-bond acceptors (Lipinski definition) is 3. The van der Waals surface area contributed by atoms with Crippen LogP contribution in [0.1, 0.15) is 47.6 Å². The maximum Gasteiger partial charge on any atom is 0.416 e. The molecule has 0 saturated carbocycles. The van der Waals surface area contributed by atoms with E-state index < -0.39 is 46.4 Å². The van der Waals surface area contributed by atoms with E-state index in [4.69, 9.17) is 4.74 Å². The number of carbonyl (C=O) groups excluding carboxylic acids is 2. The minimum absolute atomic E-state index is 0.0497. The second kappa shape index (κ2) is 11.2. The standard InChI is InChI=1S/C29H33F6N3O3/c1-18-7-5-6-8-22(18)23-16-38(26(40)37-9-11-41-12-10-37)17-24(23)36(4)25(39)27(2,3)19-13-20(28(30,31)32)15-21(14-19)29(33,34)35/h5-8,13-15,23-24H,9-12,16-17H2,1-4H3. The van der Waals surface area contributed by atoms with E-state index in [1.165, 1.54) is 25.8 Å². The number of likely N-dealkylation sites (N-methyl/N-ethyl adjacent to an activating group) is 1. The average molecular weight is 586 g/mol. The van der Waals surface area contributed by atoms with Crippen molar-refractivity contribution in [2.45, 2.75) is 50.5 Å². The summed E-state index contributed by atoms with van der Waals surface area (Å²) in [5.41, 5.74) is -3.25. The molecule has 3 amide bonds. The fourth-order valence-electron chi connectivity index (χ4n) is 5.63. The van der Waals surface area contributed by atoms with Crippen molar-refractivity contribution in [3.8, 4) is 0 Å². The van der Waals surface area contributed by atoms with Crippen LogP contribution in [-0.2, 0) is 27.3 Å². The van der Waals surface area contributed by atoms with Crippen LogP contribution in [0.5, 0.6) is 0 Å². The van der Waals surface area contributed by atoms with Crippen LogP contribution in [0.4, 0.5) is 31.1 Å². The third-order valence-corrected chi connectivity index (χ3v) is 8.09. The summed E-state index contributed by atoms with van der Waals surface area (Å²) in [6.45, 7) is 6.66. The van der Waals surface area contributed by atoms with E-state index >= 15 is 0 Å². The maximum atomic E-state index is 13.9. The SMILES string of the molecule is Cc1ccccc1C1CN(C(=O)N2CCOCC2)CC1N(C)C(=O)C(C)(C)c1cc(C(F)(F)F)cc(C(F)(F)F)c1. The Balaban J connectivity index is 1.69. The zero-order valence-electron chi connectivity index (χ0n) is 23.3. The van der Waals surface area contributed by atoms with Crippen LogP contribution in [0.25, 0.3) is 0 Å². The number of carbonyl (C=O) groups is 2. The lowest BCUT2D eigenvalue weighted by Crippen LogP contribution is -2.50. The first-order chi connectivity index (χ1) is 19.0. The molecule has 6 nitrogen and oxygen atoms in total. The summed E-state index contributed by atoms with van der Waals surface area (Å²) in [6.07, 6.45) is -10.1. The molecule has 4 rings (SSSR count). The third kappa shape index (κ3) is 6.32. The highest BCUT2D eigenvalue weighted by molar-refractivity contribution is 5.88. The molecule has 2 aliphatic heterocycles. The average Bonchev–Trinajstić information content (AvgIpc) is 3.36. The zero-order valence-corrected chi connectivity index (χ0v) is 23.3. The van der Waals surface area contributed by atoms with E-state index in [9.17, 15) is 35.9 Å². The molecular weight excluding hydrogens is 552 g/mol. The Bertz CT molecular complexity index is 1260. The molecule has 0 N–H and O–H groups in total. The van der Waals surface area contributed by atoms with Crippen molar-refractivity contribution in [1.82, 2.24) is 14.7 Å². The summed E-state index contributed by atoms with van der Waals surface area (Å²) < 4.78 is 86.7. The summed E-state index contributed by atoms with van der Waals surface area (Å²) in [7, 11) is 1.49. The minimum Gasteiger partial charge on any atom is -0.378 e. The first-order valence-corrected chi connectivity index (χ1v) is 13.3. The Morgan fingerprint density at radius 2 is 1.39 bits per heavy atom. The van der Waals surface area contributed by atoms with Crippen LogP contribution >= 0.6 is 0 Å². The van der Waals surface area contributed by atoms with E-state index in [0.717, 1.165) is 11.1 Å². The topological polar surface area (TPSA) is 53.1 Å². The summed E-state index contributed by atoms with van der Waals surface area (Å²) in [5, 5.41) is 0. The number of rotatable bonds is 4. The molecule has 0 aliphatic carbocycles. The van der Waals surface area contributed by atoms with Crippen molar-refractivity contribution >= 4 is 11.9 Å². The summed E-state index contributed by atoms with van der Waals surface area (Å²) in [6, 6.07) is 8.00. The molecule has 0 spiro atoms. The van der Waals surface area contributed by atoms with E-state index in [2.05, 4.69) is 0 Å². The number of nitrogens with zero attached hydrogens (tertiary/aromatic N) is 3. The van der Waals surface area contributed by atoms with E-state index in [1.807, 2.05) is 31.2 Å². The van der Waals surface area contributed by atoms with Crippen LogP contribution in [0.2, 0.25) is 0 Å². The van der Waals surface area contributed by atoms with Gasteiger partial charge in [0, 0.05) is 39.1 Å². The van der Waals surface area contributed by atoms with Gasteiger partial charge in [-0.2, -0.15) is 26.3 Å². The van der Waals surface area contributed by atoms with Gasteiger partial charge in [0.15, 0.2) is 0 Å². The molecule has 2 aromatic carbocycles. The predicted octanol–water partition coefficient (Wildman–Crippen LogP) is 5.69. The molecule has 2 aliphatic rings. The van der Waals surface area contributed by atoms with Crippen LogP contribution < -0.4 is 0 Å². The highest BCUT2D eigenvalue weighted by Gasteiger charge is 2.46. The number of alkyl halides is 6. The number of urea groups is 1. The Hall–Kier alpha value is -3.28. The predicted molar refractivity (Wildman–Crippen MR) is 139 cm³/mol. The third-order valence-electron chi connectivity index (χ3n) is 8.09. The fraction of sp³-hybridized carbons (Fsp3) is 0.517. The quantitative estimate of drug-likeness (QED) is 0.434. The Kier molecular flexibility index (Phi) is 8.37. The van der Waals surface area contributed by atoms with Gasteiger partial charge >= 0.3 is 18.4 Å². The van der Waals surface area contributed by atoms with Crippen molar-refractivity contribution in [2.24, 2.45) is 0 Å². The minimum atomic E-state index is -5.04. The van der Waals surface area contributed by atoms with Gasteiger partial charge in [-0.15, -0.1) is 0 Å². The molecule has 2 atom stereocenters. The molecule has 2 unspecified atom stereocenters. The summed E-state index contributed by atoms with van der Waals surface area (Å²) in [4.78, 5) is 32.0. The first-order valence-electron chi connectivity index (χ1n) is 13.3. The van der Waals surface area contributed by atoms with Gasteiger partial charge in [0.2, 0.25) is 5.91 Å². The largest absolute Gasteiger partial charge is 0.416 e. The molecule has 2 heterocycles. The monoisotopic (exact) mass is 585 g/mol. The molecule has 0 aromatic heterocycles. The molecule has 2 saturated heterocycles. The maximum absolute atomic E-state index is 13.9. The highest BCUT2D eigenvalue weighted by atomic mass is 19.4. The second-order valence-corrected chi connectivity index (χ2v) is 11.2. The van der Waals surface area contributed by atoms with Crippen molar-refractivity contribution in [2.75, 3.05) is 46.4 Å². The van der Waals surface area contributed by atoms with Crippen LogP contribution in [-0.4, -0.2) is 79.1 Å². The van der Waals surface area contributed by atoms with E-state index in [-0.39, 0.29) is 24.6 Å². The fourth-order valence-corrected chi connectivity index (χ4v) is 5.63. The lowest BCUT2D eigenvalue weighted by atomic mass is 9.80. The van der Waals surface area contributed by atoms with Gasteiger partial charge in [0.05, 0.1) is 35.8 Å². The van der Waals surface area contributed by atoms with Gasteiger partial charge in [-0.3, -0.25) is 4.79 Å². The Labute approximate surface area is 234 Å². The van der Waals surface area contributed by atoms with Gasteiger partial charge in [0.1, 0.15) is 0 Å². The zero-order chi connectivity index (χ0) is 30.3. The molecule has 41 heavy (non-hydrogen) atoms. The van der Waals surface area contributed by atoms with Crippen molar-refractivity contribution < 1.29 is 40.7 Å². The second-order valence-electron chi connectivity index (χ2n) is 11.2. The molecule has 2 aromatic rings. The van der Waals surface area contributed by atoms with Crippen molar-refractivity contribution in [3.63, 3.8) is 0 Å². The number of likely N-dealkylation sites (tertiary alicyclic amines) is 1. The van der Waals surface area contributed by atoms with Crippen LogP contribution in [0.15, 0.2) is 42.5 Å². The normalized spacial score (nSPS) is 20.3. The Morgan fingerprint density at radius 1 is 0.854 bits per heavy atom. The van der Waals surface area contributed by atoms with E-state index in [1.54, 1.807) is 9.80 Å². The highest BCUT2D eigenvalue weighted by Crippen LogP contribution is 2.41. The van der Waals surface area contributed by atoms with Gasteiger partial charge in [-0.05, 0) is 55.7 Å². The van der Waals surface area contributed by atoms with E-state index in [0.29, 0.717) is 45.0 Å². The lowest BCUT2D eigenvalue weighted by molar-refractivity contribution is -0.144. The number of benzene rings is 2. The first kappa shape index (κ1) is 30.7. The van der Waals surface area contributed by atoms with Crippen LogP contribution in [0.3, 0.4) is 0 Å². The van der Waals surface area contributed by atoms with Gasteiger partial charge in [-0.1, -0.05) is 24.3 Å². The summed E-state index contributed by atoms with van der Waals surface area (Å²) >= 11 is 0.